The molecule has 0 saturated carbocycles. The molecule has 1 heterocycles. The van der Waals surface area contributed by atoms with Crippen molar-refractivity contribution in [3.8, 4) is 0 Å². The lowest BCUT2D eigenvalue weighted by molar-refractivity contribution is 0.0647. The van der Waals surface area contributed by atoms with Crippen molar-refractivity contribution in [1.29, 1.82) is 0 Å². The summed E-state index contributed by atoms with van der Waals surface area (Å²) in [7, 11) is 0. The van der Waals surface area contributed by atoms with Crippen LogP contribution in [0.15, 0.2) is 22.7 Å². The molecule has 0 bridgehead atoms. The number of nitrogens with one attached hydrogen (secondary N) is 1. The summed E-state index contributed by atoms with van der Waals surface area (Å²) in [5, 5.41) is 13.2. The minimum Gasteiger partial charge on any atom is -0.390 e. The standard InChI is InChI=1S/C12H16BrNO/c1-12(2,15)6-8-7-14-10-5-3-4-9(13)11(8)10/h3-5,8,14-15H,6-7H2,1-2H3. The smallest absolute Gasteiger partial charge is 0.0598 e. The Balaban J connectivity index is 2.28. The van der Waals surface area contributed by atoms with Crippen LogP contribution in [0.1, 0.15) is 31.7 Å². The number of halogens is 1. The lowest BCUT2D eigenvalue weighted by Crippen LogP contribution is -2.23. The lowest BCUT2D eigenvalue weighted by atomic mass is 9.89. The Kier molecular flexibility index (Phi) is 2.77. The zero-order chi connectivity index (χ0) is 11.1. The van der Waals surface area contributed by atoms with Crippen LogP contribution >= 0.6 is 15.9 Å². The molecule has 2 nitrogen and oxygen atoms in total. The summed E-state index contributed by atoms with van der Waals surface area (Å²) in [4.78, 5) is 0. The quantitative estimate of drug-likeness (QED) is 0.865. The van der Waals surface area contributed by atoms with E-state index in [1.165, 1.54) is 11.3 Å². The third kappa shape index (κ3) is 2.34. The van der Waals surface area contributed by atoms with Crippen LogP contribution in [-0.2, 0) is 0 Å². The van der Waals surface area contributed by atoms with Crippen molar-refractivity contribution in [1.82, 2.24) is 0 Å². The molecule has 0 saturated heterocycles. The number of hydrogen-bond acceptors (Lipinski definition) is 2. The fourth-order valence-electron chi connectivity index (χ4n) is 2.22. The van der Waals surface area contributed by atoms with Gasteiger partial charge in [0.25, 0.3) is 0 Å². The first-order valence-corrected chi connectivity index (χ1v) is 6.01. The van der Waals surface area contributed by atoms with E-state index in [-0.39, 0.29) is 0 Å². The lowest BCUT2D eigenvalue weighted by Gasteiger charge is -2.22. The average Bonchev–Trinajstić information content (AvgIpc) is 2.47. The molecule has 0 aliphatic carbocycles. The maximum absolute atomic E-state index is 9.85. The summed E-state index contributed by atoms with van der Waals surface area (Å²) in [5.41, 5.74) is 1.89. The van der Waals surface area contributed by atoms with Crippen molar-refractivity contribution in [3.05, 3.63) is 28.2 Å². The third-order valence-corrected chi connectivity index (χ3v) is 3.44. The van der Waals surface area contributed by atoms with Crippen LogP contribution in [0, 0.1) is 0 Å². The van der Waals surface area contributed by atoms with Gasteiger partial charge in [-0.25, -0.2) is 0 Å². The minimum atomic E-state index is -0.608. The topological polar surface area (TPSA) is 32.3 Å². The van der Waals surface area contributed by atoms with Crippen molar-refractivity contribution in [2.45, 2.75) is 31.8 Å². The summed E-state index contributed by atoms with van der Waals surface area (Å²) < 4.78 is 1.14. The van der Waals surface area contributed by atoms with Gasteiger partial charge in [0.1, 0.15) is 0 Å². The summed E-state index contributed by atoms with van der Waals surface area (Å²) in [6.45, 7) is 4.64. The molecule has 2 rings (SSSR count). The van der Waals surface area contributed by atoms with E-state index in [1.807, 2.05) is 19.9 Å². The van der Waals surface area contributed by atoms with Crippen LogP contribution in [0.3, 0.4) is 0 Å². The highest BCUT2D eigenvalue weighted by molar-refractivity contribution is 9.10. The first kappa shape index (κ1) is 11.0. The Hall–Kier alpha value is -0.540. The third-order valence-electron chi connectivity index (χ3n) is 2.75. The Morgan fingerprint density at radius 1 is 1.53 bits per heavy atom. The maximum atomic E-state index is 9.85. The van der Waals surface area contributed by atoms with Crippen LogP contribution in [0.2, 0.25) is 0 Å². The van der Waals surface area contributed by atoms with Crippen molar-refractivity contribution in [3.63, 3.8) is 0 Å². The highest BCUT2D eigenvalue weighted by Gasteiger charge is 2.29. The molecule has 1 atom stereocenters. The molecule has 1 aromatic rings. The molecule has 0 fully saturated rings. The molecule has 1 aliphatic heterocycles. The van der Waals surface area contributed by atoms with E-state index in [0.29, 0.717) is 5.92 Å². The highest BCUT2D eigenvalue weighted by atomic mass is 79.9. The molecule has 0 spiro atoms. The molecule has 1 unspecified atom stereocenters. The van der Waals surface area contributed by atoms with Gasteiger partial charge in [0.05, 0.1) is 5.60 Å². The van der Waals surface area contributed by atoms with Gasteiger partial charge in [-0.3, -0.25) is 0 Å². The van der Waals surface area contributed by atoms with Gasteiger partial charge >= 0.3 is 0 Å². The van der Waals surface area contributed by atoms with Gasteiger partial charge in [0.2, 0.25) is 0 Å². The number of hydrogen-bond donors (Lipinski definition) is 2. The maximum Gasteiger partial charge on any atom is 0.0598 e. The molecule has 1 aromatic carbocycles. The summed E-state index contributed by atoms with van der Waals surface area (Å²) in [5.74, 6) is 0.399. The minimum absolute atomic E-state index is 0.399. The summed E-state index contributed by atoms with van der Waals surface area (Å²) in [6, 6.07) is 6.18. The van der Waals surface area contributed by atoms with E-state index in [9.17, 15) is 5.11 Å². The van der Waals surface area contributed by atoms with E-state index in [2.05, 4.69) is 33.4 Å². The predicted molar refractivity (Wildman–Crippen MR) is 66.3 cm³/mol. The van der Waals surface area contributed by atoms with E-state index in [0.717, 1.165) is 17.4 Å². The van der Waals surface area contributed by atoms with Crippen molar-refractivity contribution in [2.75, 3.05) is 11.9 Å². The molecule has 0 radical (unpaired) electrons. The van der Waals surface area contributed by atoms with E-state index < -0.39 is 5.60 Å². The van der Waals surface area contributed by atoms with Gasteiger partial charge < -0.3 is 10.4 Å². The SMILES string of the molecule is CC(C)(O)CC1CNc2cccc(Br)c21. The van der Waals surface area contributed by atoms with E-state index in [1.54, 1.807) is 0 Å². The second-order valence-electron chi connectivity index (χ2n) is 4.80. The monoisotopic (exact) mass is 269 g/mol. The van der Waals surface area contributed by atoms with Gasteiger partial charge in [-0.2, -0.15) is 0 Å². The van der Waals surface area contributed by atoms with E-state index >= 15 is 0 Å². The second-order valence-corrected chi connectivity index (χ2v) is 5.65. The van der Waals surface area contributed by atoms with Crippen LogP contribution in [0.4, 0.5) is 5.69 Å². The molecule has 15 heavy (non-hydrogen) atoms. The zero-order valence-corrected chi connectivity index (χ0v) is 10.6. The number of benzene rings is 1. The van der Waals surface area contributed by atoms with Crippen LogP contribution in [0.5, 0.6) is 0 Å². The zero-order valence-electron chi connectivity index (χ0n) is 9.05. The fourth-order valence-corrected chi connectivity index (χ4v) is 2.91. The number of aliphatic hydroxyl groups is 1. The normalized spacial score (nSPS) is 19.9. The predicted octanol–water partition coefficient (Wildman–Crippen LogP) is 3.12. The molecule has 0 amide bonds. The molecule has 2 N–H and O–H groups in total. The summed E-state index contributed by atoms with van der Waals surface area (Å²) in [6.07, 6.45) is 0.787. The average molecular weight is 270 g/mol. The van der Waals surface area contributed by atoms with Gasteiger partial charge in [0.15, 0.2) is 0 Å². The van der Waals surface area contributed by atoms with Crippen LogP contribution in [0.25, 0.3) is 0 Å². The molecule has 82 valence electrons. The van der Waals surface area contributed by atoms with Gasteiger partial charge in [-0.1, -0.05) is 22.0 Å². The van der Waals surface area contributed by atoms with Crippen LogP contribution < -0.4 is 5.32 Å². The first-order valence-electron chi connectivity index (χ1n) is 5.22. The molecule has 3 heteroatoms. The Morgan fingerprint density at radius 3 is 2.93 bits per heavy atom. The largest absolute Gasteiger partial charge is 0.390 e. The number of anilines is 1. The van der Waals surface area contributed by atoms with Gasteiger partial charge in [0, 0.05) is 22.6 Å². The number of rotatable bonds is 2. The van der Waals surface area contributed by atoms with Crippen LogP contribution in [-0.4, -0.2) is 17.3 Å². The van der Waals surface area contributed by atoms with E-state index in [4.69, 9.17) is 0 Å². The molecule has 0 aromatic heterocycles. The molecule has 1 aliphatic rings. The molecular formula is C12H16BrNO. The Labute approximate surface area is 98.8 Å². The molecular weight excluding hydrogens is 254 g/mol. The van der Waals surface area contributed by atoms with Crippen molar-refractivity contribution < 1.29 is 5.11 Å². The first-order chi connectivity index (χ1) is 6.97. The van der Waals surface area contributed by atoms with Crippen molar-refractivity contribution in [2.24, 2.45) is 0 Å². The summed E-state index contributed by atoms with van der Waals surface area (Å²) >= 11 is 3.57. The van der Waals surface area contributed by atoms with Gasteiger partial charge in [-0.05, 0) is 38.0 Å². The Morgan fingerprint density at radius 2 is 2.27 bits per heavy atom. The number of fused-ring (bicyclic) bond motifs is 1. The fraction of sp³-hybridized carbons (Fsp3) is 0.500. The highest BCUT2D eigenvalue weighted by Crippen LogP contribution is 2.40. The van der Waals surface area contributed by atoms with Gasteiger partial charge in [-0.15, -0.1) is 0 Å². The second kappa shape index (κ2) is 3.80. The van der Waals surface area contributed by atoms with Crippen molar-refractivity contribution >= 4 is 21.6 Å². The Bertz CT molecular complexity index is 370.